The maximum absolute atomic E-state index is 11.8. The van der Waals surface area contributed by atoms with Gasteiger partial charge in [0.25, 0.3) is 0 Å². The molecule has 0 radical (unpaired) electrons. The van der Waals surface area contributed by atoms with Gasteiger partial charge in [0.05, 0.1) is 13.2 Å². The molecule has 0 heterocycles. The molecule has 0 bridgehead atoms. The van der Waals surface area contributed by atoms with Crippen LogP contribution in [0.2, 0.25) is 0 Å². The predicted molar refractivity (Wildman–Crippen MR) is 74.7 cm³/mol. The maximum atomic E-state index is 11.8. The summed E-state index contributed by atoms with van der Waals surface area (Å²) in [6, 6.07) is 0. The number of unbranched alkanes of at least 4 members (excludes halogenated alkanes) is 2. The topological polar surface area (TPSA) is 52.6 Å². The average Bonchev–Trinajstić information content (AvgIpc) is 2.36. The molecule has 0 atom stereocenters. The minimum absolute atomic E-state index is 0.0622. The molecule has 0 aliphatic heterocycles. The molecule has 19 heavy (non-hydrogen) atoms. The third kappa shape index (κ3) is 8.41. The summed E-state index contributed by atoms with van der Waals surface area (Å²) >= 11 is 0. The Bertz CT molecular complexity index is 305. The predicted octanol–water partition coefficient (Wildman–Crippen LogP) is 3.26. The second kappa shape index (κ2) is 10.6. The normalized spacial score (nSPS) is 11.5. The van der Waals surface area contributed by atoms with Crippen molar-refractivity contribution in [3.63, 3.8) is 0 Å². The van der Waals surface area contributed by atoms with E-state index in [1.165, 1.54) is 6.08 Å². The van der Waals surface area contributed by atoms with Crippen LogP contribution in [0.3, 0.4) is 0 Å². The molecule has 0 unspecified atom stereocenters. The molecular weight excluding hydrogens is 244 g/mol. The zero-order chi connectivity index (χ0) is 14.7. The first-order chi connectivity index (χ1) is 9.02. The number of carbonyl (C=O) groups is 2. The molecule has 110 valence electrons. The summed E-state index contributed by atoms with van der Waals surface area (Å²) in [7, 11) is 0. The van der Waals surface area contributed by atoms with Gasteiger partial charge in [-0.15, -0.1) is 0 Å². The summed E-state index contributed by atoms with van der Waals surface area (Å²) in [6.45, 7) is 8.54. The van der Waals surface area contributed by atoms with Crippen LogP contribution >= 0.6 is 0 Å². The summed E-state index contributed by atoms with van der Waals surface area (Å²) in [6.07, 6.45) is 4.85. The number of hydrogen-bond acceptors (Lipinski definition) is 4. The van der Waals surface area contributed by atoms with Crippen molar-refractivity contribution in [2.24, 2.45) is 5.92 Å². The third-order valence-electron chi connectivity index (χ3n) is 2.60. The summed E-state index contributed by atoms with van der Waals surface area (Å²) in [5, 5.41) is 0. The van der Waals surface area contributed by atoms with Gasteiger partial charge in [0.15, 0.2) is 0 Å². The van der Waals surface area contributed by atoms with Crippen molar-refractivity contribution in [2.75, 3.05) is 13.2 Å². The van der Waals surface area contributed by atoms with E-state index in [2.05, 4.69) is 0 Å². The Morgan fingerprint density at radius 1 is 1.00 bits per heavy atom. The molecule has 0 N–H and O–H groups in total. The van der Waals surface area contributed by atoms with E-state index < -0.39 is 11.9 Å². The number of rotatable bonds is 9. The van der Waals surface area contributed by atoms with Crippen LogP contribution in [0.4, 0.5) is 0 Å². The molecule has 4 heteroatoms. The van der Waals surface area contributed by atoms with Crippen LogP contribution in [-0.2, 0) is 19.1 Å². The Hall–Kier alpha value is -1.32. The molecule has 0 spiro atoms. The van der Waals surface area contributed by atoms with E-state index in [4.69, 9.17) is 9.47 Å². The summed E-state index contributed by atoms with van der Waals surface area (Å²) in [5.74, 6) is -0.951. The van der Waals surface area contributed by atoms with Gasteiger partial charge in [-0.2, -0.15) is 0 Å². The van der Waals surface area contributed by atoms with Crippen LogP contribution in [-0.4, -0.2) is 25.2 Å². The first-order valence-corrected chi connectivity index (χ1v) is 7.08. The molecule has 0 saturated heterocycles. The molecule has 0 aromatic carbocycles. The van der Waals surface area contributed by atoms with Crippen LogP contribution in [0.15, 0.2) is 11.6 Å². The lowest BCUT2D eigenvalue weighted by Gasteiger charge is -2.11. The monoisotopic (exact) mass is 270 g/mol. The van der Waals surface area contributed by atoms with Gasteiger partial charge >= 0.3 is 11.9 Å². The van der Waals surface area contributed by atoms with Crippen molar-refractivity contribution >= 4 is 11.9 Å². The average molecular weight is 270 g/mol. The minimum Gasteiger partial charge on any atom is -0.463 e. The minimum atomic E-state index is -0.468. The number of esters is 2. The van der Waals surface area contributed by atoms with E-state index in [1.54, 1.807) is 0 Å². The Balaban J connectivity index is 4.44. The van der Waals surface area contributed by atoms with E-state index in [0.717, 1.165) is 25.7 Å². The summed E-state index contributed by atoms with van der Waals surface area (Å²) < 4.78 is 10.1. The smallest absolute Gasteiger partial charge is 0.334 e. The van der Waals surface area contributed by atoms with Gasteiger partial charge in [0, 0.05) is 11.6 Å². The lowest BCUT2D eigenvalue weighted by atomic mass is 10.0. The van der Waals surface area contributed by atoms with Gasteiger partial charge in [-0.1, -0.05) is 40.5 Å². The highest BCUT2D eigenvalue weighted by Gasteiger charge is 2.17. The second-order valence-electron chi connectivity index (χ2n) is 4.76. The lowest BCUT2D eigenvalue weighted by molar-refractivity contribution is -0.142. The van der Waals surface area contributed by atoms with Gasteiger partial charge in [-0.25, -0.2) is 9.59 Å². The standard InChI is InChI=1S/C15H26O4/c1-5-7-9-18-14(16)11-13(12(3)4)15(17)19-10-8-6-2/h11-12H,5-10H2,1-4H3/b13-11-. The van der Waals surface area contributed by atoms with E-state index in [0.29, 0.717) is 18.8 Å². The van der Waals surface area contributed by atoms with Crippen LogP contribution in [0, 0.1) is 5.92 Å². The van der Waals surface area contributed by atoms with Gasteiger partial charge in [-0.3, -0.25) is 0 Å². The van der Waals surface area contributed by atoms with E-state index in [9.17, 15) is 9.59 Å². The Labute approximate surface area is 116 Å². The Morgan fingerprint density at radius 2 is 1.53 bits per heavy atom. The maximum Gasteiger partial charge on any atom is 0.334 e. The Kier molecular flexibility index (Phi) is 9.85. The number of hydrogen-bond donors (Lipinski definition) is 0. The molecule has 0 aliphatic carbocycles. The molecule has 0 rings (SSSR count). The number of ether oxygens (including phenoxy) is 2. The van der Waals surface area contributed by atoms with Crippen LogP contribution < -0.4 is 0 Å². The molecule has 0 saturated carbocycles. The van der Waals surface area contributed by atoms with Gasteiger partial charge < -0.3 is 9.47 Å². The van der Waals surface area contributed by atoms with Crippen molar-refractivity contribution in [1.29, 1.82) is 0 Å². The van der Waals surface area contributed by atoms with Crippen molar-refractivity contribution in [3.8, 4) is 0 Å². The molecule has 0 fully saturated rings. The third-order valence-corrected chi connectivity index (χ3v) is 2.60. The van der Waals surface area contributed by atoms with Crippen LogP contribution in [0.5, 0.6) is 0 Å². The molecule has 0 aliphatic rings. The molecular formula is C15H26O4. The fraction of sp³-hybridized carbons (Fsp3) is 0.733. The SMILES string of the molecule is CCCCOC(=O)/C=C(\C(=O)OCCCC)C(C)C. The Morgan fingerprint density at radius 3 is 2.00 bits per heavy atom. The van der Waals surface area contributed by atoms with E-state index in [-0.39, 0.29) is 5.92 Å². The van der Waals surface area contributed by atoms with Crippen molar-refractivity contribution < 1.29 is 19.1 Å². The quantitative estimate of drug-likeness (QED) is 0.366. The van der Waals surface area contributed by atoms with Crippen molar-refractivity contribution in [1.82, 2.24) is 0 Å². The van der Waals surface area contributed by atoms with Gasteiger partial charge in [0.1, 0.15) is 0 Å². The van der Waals surface area contributed by atoms with Crippen LogP contribution in [0.25, 0.3) is 0 Å². The second-order valence-corrected chi connectivity index (χ2v) is 4.76. The van der Waals surface area contributed by atoms with E-state index in [1.807, 2.05) is 27.7 Å². The van der Waals surface area contributed by atoms with Crippen molar-refractivity contribution in [3.05, 3.63) is 11.6 Å². The lowest BCUT2D eigenvalue weighted by Crippen LogP contribution is -2.15. The van der Waals surface area contributed by atoms with Gasteiger partial charge in [0.2, 0.25) is 0 Å². The van der Waals surface area contributed by atoms with Crippen LogP contribution in [0.1, 0.15) is 53.4 Å². The first-order valence-electron chi connectivity index (χ1n) is 7.08. The highest BCUT2D eigenvalue weighted by atomic mass is 16.5. The summed E-state index contributed by atoms with van der Waals surface area (Å²) in [4.78, 5) is 23.4. The summed E-state index contributed by atoms with van der Waals surface area (Å²) in [5.41, 5.74) is 0.373. The largest absolute Gasteiger partial charge is 0.463 e. The molecule has 4 nitrogen and oxygen atoms in total. The van der Waals surface area contributed by atoms with Crippen molar-refractivity contribution in [2.45, 2.75) is 53.4 Å². The molecule has 0 amide bonds. The highest BCUT2D eigenvalue weighted by Crippen LogP contribution is 2.12. The first kappa shape index (κ1) is 17.7. The fourth-order valence-corrected chi connectivity index (χ4v) is 1.34. The zero-order valence-electron chi connectivity index (χ0n) is 12.5. The molecule has 0 aromatic rings. The zero-order valence-corrected chi connectivity index (χ0v) is 12.5. The highest BCUT2D eigenvalue weighted by molar-refractivity contribution is 5.96. The molecule has 0 aromatic heterocycles. The van der Waals surface area contributed by atoms with E-state index >= 15 is 0 Å². The fourth-order valence-electron chi connectivity index (χ4n) is 1.34. The van der Waals surface area contributed by atoms with Gasteiger partial charge in [-0.05, 0) is 18.8 Å². The number of carbonyl (C=O) groups excluding carboxylic acids is 2.